The maximum atomic E-state index is 13.6. The highest BCUT2D eigenvalue weighted by molar-refractivity contribution is 5.95. The van der Waals surface area contributed by atoms with E-state index in [0.717, 1.165) is 29.5 Å². The molecule has 6 nitrogen and oxygen atoms in total. The minimum absolute atomic E-state index is 0.00202. The number of amides is 2. The molecule has 0 unspecified atom stereocenters. The van der Waals surface area contributed by atoms with Gasteiger partial charge in [0.05, 0.1) is 11.0 Å². The Hall–Kier alpha value is -3.54. The number of carbonyl (C=O) groups is 2. The largest absolute Gasteiger partial charge is 0.353 e. The molecule has 1 aromatic carbocycles. The van der Waals surface area contributed by atoms with Crippen molar-refractivity contribution in [2.24, 2.45) is 5.41 Å². The summed E-state index contributed by atoms with van der Waals surface area (Å²) in [7, 11) is 0. The van der Waals surface area contributed by atoms with E-state index in [1.165, 1.54) is 0 Å². The average molecular weight is 443 g/mol. The number of likely N-dealkylation sites (tertiary alicyclic amines) is 1. The summed E-state index contributed by atoms with van der Waals surface area (Å²) in [5.74, 6) is -0.0766. The van der Waals surface area contributed by atoms with Gasteiger partial charge in [0, 0.05) is 49.5 Å². The van der Waals surface area contributed by atoms with Crippen LogP contribution >= 0.6 is 0 Å². The quantitative estimate of drug-likeness (QED) is 0.623. The van der Waals surface area contributed by atoms with Crippen LogP contribution in [0.3, 0.4) is 0 Å². The van der Waals surface area contributed by atoms with Crippen molar-refractivity contribution in [2.45, 2.75) is 39.2 Å². The fourth-order valence-corrected chi connectivity index (χ4v) is 4.64. The second kappa shape index (κ2) is 9.94. The third-order valence-corrected chi connectivity index (χ3v) is 6.19. The Morgan fingerprint density at radius 3 is 2.48 bits per heavy atom. The van der Waals surface area contributed by atoms with E-state index in [9.17, 15) is 9.59 Å². The lowest BCUT2D eigenvalue weighted by Gasteiger charge is -2.42. The van der Waals surface area contributed by atoms with E-state index in [0.29, 0.717) is 25.1 Å². The van der Waals surface area contributed by atoms with Crippen LogP contribution in [0.1, 0.15) is 42.6 Å². The van der Waals surface area contributed by atoms with Gasteiger partial charge in [0.2, 0.25) is 5.91 Å². The van der Waals surface area contributed by atoms with Crippen LogP contribution in [-0.2, 0) is 11.2 Å². The van der Waals surface area contributed by atoms with Crippen molar-refractivity contribution in [3.8, 4) is 11.1 Å². The Bertz CT molecular complexity index is 1100. The van der Waals surface area contributed by atoms with E-state index in [1.54, 1.807) is 30.7 Å². The molecule has 2 amide bonds. The third-order valence-electron chi connectivity index (χ3n) is 6.19. The van der Waals surface area contributed by atoms with Crippen LogP contribution in [0.5, 0.6) is 0 Å². The van der Waals surface area contributed by atoms with Crippen molar-refractivity contribution in [1.29, 1.82) is 0 Å². The van der Waals surface area contributed by atoms with Gasteiger partial charge in [0.15, 0.2) is 0 Å². The molecule has 0 aliphatic carbocycles. The highest BCUT2D eigenvalue weighted by Gasteiger charge is 2.44. The number of carbonyl (C=O) groups excluding carboxylic acids is 2. The van der Waals surface area contributed by atoms with Crippen LogP contribution in [0.15, 0.2) is 73.3 Å². The molecular weight excluding hydrogens is 412 g/mol. The lowest BCUT2D eigenvalue weighted by Crippen LogP contribution is -2.55. The number of nitrogens with one attached hydrogen (secondary N) is 1. The zero-order valence-corrected chi connectivity index (χ0v) is 19.2. The van der Waals surface area contributed by atoms with Gasteiger partial charge in [-0.3, -0.25) is 19.6 Å². The first-order valence-corrected chi connectivity index (χ1v) is 11.5. The summed E-state index contributed by atoms with van der Waals surface area (Å²) in [5.41, 5.74) is 3.01. The number of pyridine rings is 2. The monoisotopic (exact) mass is 442 g/mol. The molecule has 170 valence electrons. The zero-order valence-electron chi connectivity index (χ0n) is 19.2. The minimum Gasteiger partial charge on any atom is -0.353 e. The number of nitrogens with zero attached hydrogens (tertiary/aromatic N) is 3. The summed E-state index contributed by atoms with van der Waals surface area (Å²) >= 11 is 0. The van der Waals surface area contributed by atoms with E-state index in [1.807, 2.05) is 49.2 Å². The molecule has 0 saturated carbocycles. The Balaban J connectivity index is 1.69. The molecule has 33 heavy (non-hydrogen) atoms. The Kier molecular flexibility index (Phi) is 6.82. The smallest absolute Gasteiger partial charge is 0.255 e. The van der Waals surface area contributed by atoms with Crippen LogP contribution < -0.4 is 5.32 Å². The molecular formula is C27H30N4O2. The first-order chi connectivity index (χ1) is 16.0. The normalized spacial score (nSPS) is 18.2. The average Bonchev–Trinajstić information content (AvgIpc) is 2.85. The first kappa shape index (κ1) is 22.6. The topological polar surface area (TPSA) is 75.2 Å². The summed E-state index contributed by atoms with van der Waals surface area (Å²) in [4.78, 5) is 37.0. The molecule has 1 aliphatic rings. The molecule has 0 spiro atoms. The maximum Gasteiger partial charge on any atom is 0.255 e. The molecule has 6 heteroatoms. The summed E-state index contributed by atoms with van der Waals surface area (Å²) in [6, 6.07) is 15.7. The van der Waals surface area contributed by atoms with Gasteiger partial charge in [0.1, 0.15) is 0 Å². The number of hydrogen-bond acceptors (Lipinski definition) is 4. The minimum atomic E-state index is -0.710. The highest BCUT2D eigenvalue weighted by atomic mass is 16.2. The lowest BCUT2D eigenvalue weighted by molar-refractivity contribution is -0.134. The van der Waals surface area contributed by atoms with Crippen LogP contribution in [0.2, 0.25) is 0 Å². The van der Waals surface area contributed by atoms with E-state index in [2.05, 4.69) is 27.4 Å². The SMILES string of the molecule is CC(C)NC(=O)[C@]1(Cc2ccccc2-c2cccnc2)CCCN(C(=O)c2cccnc2)C1. The van der Waals surface area contributed by atoms with Gasteiger partial charge in [0.25, 0.3) is 5.91 Å². The van der Waals surface area contributed by atoms with Crippen LogP contribution in [0.25, 0.3) is 11.1 Å². The Morgan fingerprint density at radius 1 is 1.03 bits per heavy atom. The molecule has 0 bridgehead atoms. The van der Waals surface area contributed by atoms with Gasteiger partial charge in [-0.05, 0) is 62.4 Å². The fraction of sp³-hybridized carbons (Fsp3) is 0.333. The second-order valence-corrected chi connectivity index (χ2v) is 9.06. The maximum absolute atomic E-state index is 13.6. The number of aromatic nitrogens is 2. The summed E-state index contributed by atoms with van der Waals surface area (Å²) in [6.45, 7) is 4.95. The van der Waals surface area contributed by atoms with Crippen molar-refractivity contribution in [3.05, 3.63) is 84.4 Å². The third kappa shape index (κ3) is 5.11. The van der Waals surface area contributed by atoms with Crippen LogP contribution in [0, 0.1) is 5.41 Å². The van der Waals surface area contributed by atoms with Crippen molar-refractivity contribution in [1.82, 2.24) is 20.2 Å². The number of hydrogen-bond donors (Lipinski definition) is 1. The van der Waals surface area contributed by atoms with Gasteiger partial charge < -0.3 is 10.2 Å². The Morgan fingerprint density at radius 2 is 1.79 bits per heavy atom. The second-order valence-electron chi connectivity index (χ2n) is 9.06. The van der Waals surface area contributed by atoms with E-state index in [-0.39, 0.29) is 17.9 Å². The predicted molar refractivity (Wildman–Crippen MR) is 128 cm³/mol. The van der Waals surface area contributed by atoms with Crippen molar-refractivity contribution >= 4 is 11.8 Å². The summed E-state index contributed by atoms with van der Waals surface area (Å²) in [5, 5.41) is 3.13. The van der Waals surface area contributed by atoms with Crippen molar-refractivity contribution < 1.29 is 9.59 Å². The van der Waals surface area contributed by atoms with Gasteiger partial charge in [-0.15, -0.1) is 0 Å². The molecule has 1 N–H and O–H groups in total. The predicted octanol–water partition coefficient (Wildman–Crippen LogP) is 4.13. The molecule has 3 aromatic rings. The van der Waals surface area contributed by atoms with Crippen molar-refractivity contribution in [2.75, 3.05) is 13.1 Å². The van der Waals surface area contributed by atoms with Crippen LogP contribution in [0.4, 0.5) is 0 Å². The van der Waals surface area contributed by atoms with Gasteiger partial charge in [-0.1, -0.05) is 30.3 Å². The van der Waals surface area contributed by atoms with Gasteiger partial charge in [-0.25, -0.2) is 0 Å². The standard InChI is InChI=1S/C27H30N4O2/c1-20(2)30-26(33)27(12-7-15-31(19-27)25(32)23-10-6-14-29-18-23)16-21-8-3-4-11-24(21)22-9-5-13-28-17-22/h3-6,8-11,13-14,17-18,20H,7,12,15-16,19H2,1-2H3,(H,30,33)/t27-/m0/s1. The van der Waals surface area contributed by atoms with Gasteiger partial charge in [-0.2, -0.15) is 0 Å². The molecule has 1 fully saturated rings. The van der Waals surface area contributed by atoms with Crippen LogP contribution in [-0.4, -0.2) is 45.8 Å². The van der Waals surface area contributed by atoms with E-state index >= 15 is 0 Å². The number of benzene rings is 1. The van der Waals surface area contributed by atoms with E-state index in [4.69, 9.17) is 0 Å². The molecule has 4 rings (SSSR count). The highest BCUT2D eigenvalue weighted by Crippen LogP contribution is 2.37. The van der Waals surface area contributed by atoms with E-state index < -0.39 is 5.41 Å². The van der Waals surface area contributed by atoms with Gasteiger partial charge >= 0.3 is 0 Å². The Labute approximate surface area is 195 Å². The molecule has 1 saturated heterocycles. The molecule has 0 radical (unpaired) electrons. The number of rotatable bonds is 6. The summed E-state index contributed by atoms with van der Waals surface area (Å²) < 4.78 is 0. The number of piperidine rings is 1. The fourth-order valence-electron chi connectivity index (χ4n) is 4.64. The lowest BCUT2D eigenvalue weighted by atomic mass is 9.73. The first-order valence-electron chi connectivity index (χ1n) is 11.5. The molecule has 1 aliphatic heterocycles. The zero-order chi connectivity index (χ0) is 23.3. The molecule has 1 atom stereocenters. The molecule has 2 aromatic heterocycles. The molecule has 3 heterocycles. The van der Waals surface area contributed by atoms with Crippen molar-refractivity contribution in [3.63, 3.8) is 0 Å². The summed E-state index contributed by atoms with van der Waals surface area (Å²) in [6.07, 6.45) is 8.89.